The number of anilines is 1. The molecule has 5 nitrogen and oxygen atoms in total. The Morgan fingerprint density at radius 3 is 2.42 bits per heavy atom. The Morgan fingerprint density at radius 2 is 1.74 bits per heavy atom. The van der Waals surface area contributed by atoms with Crippen LogP contribution in [0, 0.1) is 5.41 Å². The molecule has 7 heteroatoms. The molecule has 1 N–H and O–H groups in total. The van der Waals surface area contributed by atoms with Gasteiger partial charge in [-0.25, -0.2) is 9.97 Å². The fraction of sp³-hybridized carbons (Fsp3) is 0.333. The number of hydrogen-bond donors (Lipinski definition) is 1. The summed E-state index contributed by atoms with van der Waals surface area (Å²) in [5.74, 6) is -0.0362. The van der Waals surface area contributed by atoms with Crippen LogP contribution in [0.15, 0.2) is 36.4 Å². The first-order valence-corrected chi connectivity index (χ1v) is 11.0. The first-order chi connectivity index (χ1) is 14.6. The largest absolute Gasteiger partial charge is 0.325 e. The number of hydrogen-bond acceptors (Lipinski definition) is 4. The average molecular weight is 454 g/mol. The Bertz CT molecular complexity index is 1290. The van der Waals surface area contributed by atoms with Gasteiger partial charge >= 0.3 is 0 Å². The molecule has 0 spiro atoms. The highest BCUT2D eigenvalue weighted by molar-refractivity contribution is 6.42. The molecule has 1 saturated carbocycles. The predicted octanol–water partition coefficient (Wildman–Crippen LogP) is 5.93. The van der Waals surface area contributed by atoms with Crippen LogP contribution in [0.25, 0.3) is 11.0 Å². The summed E-state index contributed by atoms with van der Waals surface area (Å²) in [6.07, 6.45) is 1.56. The second-order valence-electron chi connectivity index (χ2n) is 9.02. The molecule has 1 amide bonds. The van der Waals surface area contributed by atoms with Gasteiger partial charge in [0, 0.05) is 17.2 Å². The average Bonchev–Trinajstić information content (AvgIpc) is 3.09. The molecular formula is C24H21Cl2N3O2. The van der Waals surface area contributed by atoms with Gasteiger partial charge in [-0.2, -0.15) is 0 Å². The molecule has 2 unspecified atom stereocenters. The number of halogens is 2. The normalized spacial score (nSPS) is 23.1. The fourth-order valence-electron chi connectivity index (χ4n) is 5.43. The number of carbonyl (C=O) groups excluding carboxylic acids is 2. The van der Waals surface area contributed by atoms with E-state index in [1.165, 1.54) is 6.92 Å². The van der Waals surface area contributed by atoms with Gasteiger partial charge in [0.2, 0.25) is 5.91 Å². The second-order valence-corrected chi connectivity index (χ2v) is 9.84. The van der Waals surface area contributed by atoms with Gasteiger partial charge in [0.1, 0.15) is 0 Å². The number of nitrogens with one attached hydrogen (secondary N) is 1. The van der Waals surface area contributed by atoms with Crippen molar-refractivity contribution >= 4 is 51.6 Å². The molecule has 2 aliphatic rings. The summed E-state index contributed by atoms with van der Waals surface area (Å²) in [5.41, 5.74) is 2.89. The van der Waals surface area contributed by atoms with Gasteiger partial charge in [0.05, 0.1) is 37.9 Å². The van der Waals surface area contributed by atoms with Gasteiger partial charge in [0.15, 0.2) is 5.78 Å². The summed E-state index contributed by atoms with van der Waals surface area (Å²) < 4.78 is 0. The monoisotopic (exact) mass is 453 g/mol. The number of nitrogens with zero attached hydrogens (tertiary/aromatic N) is 2. The summed E-state index contributed by atoms with van der Waals surface area (Å²) in [6, 6.07) is 10.4. The van der Waals surface area contributed by atoms with Crippen LogP contribution in [-0.2, 0) is 10.2 Å². The smallest absolute Gasteiger partial charge is 0.237 e. The van der Waals surface area contributed by atoms with Crippen molar-refractivity contribution in [2.45, 2.75) is 44.9 Å². The maximum atomic E-state index is 13.8. The lowest BCUT2D eigenvalue weighted by Gasteiger charge is -2.36. The molecular weight excluding hydrogens is 433 g/mol. The second kappa shape index (κ2) is 6.75. The fourth-order valence-corrected chi connectivity index (χ4v) is 5.75. The van der Waals surface area contributed by atoms with Crippen molar-refractivity contribution in [3.8, 4) is 0 Å². The van der Waals surface area contributed by atoms with Gasteiger partial charge in [-0.3, -0.25) is 9.59 Å². The molecule has 1 aromatic heterocycles. The third-order valence-electron chi connectivity index (χ3n) is 7.16. The van der Waals surface area contributed by atoms with E-state index in [0.717, 1.165) is 17.8 Å². The molecule has 2 aromatic carbocycles. The van der Waals surface area contributed by atoms with Crippen molar-refractivity contribution < 1.29 is 9.59 Å². The Labute approximate surface area is 190 Å². The maximum absolute atomic E-state index is 13.8. The van der Waals surface area contributed by atoms with Crippen LogP contribution in [0.4, 0.5) is 5.69 Å². The lowest BCUT2D eigenvalue weighted by atomic mass is 9.67. The lowest BCUT2D eigenvalue weighted by Crippen LogP contribution is -2.46. The minimum Gasteiger partial charge on any atom is -0.325 e. The summed E-state index contributed by atoms with van der Waals surface area (Å²) in [6.45, 7) is 5.74. The Kier molecular flexibility index (Phi) is 4.44. The van der Waals surface area contributed by atoms with E-state index in [1.807, 2.05) is 0 Å². The van der Waals surface area contributed by atoms with Crippen LogP contribution in [0.5, 0.6) is 0 Å². The van der Waals surface area contributed by atoms with E-state index < -0.39 is 5.41 Å². The maximum Gasteiger partial charge on any atom is 0.237 e. The zero-order chi connectivity index (χ0) is 22.1. The van der Waals surface area contributed by atoms with Crippen LogP contribution in [0.2, 0.25) is 10.0 Å². The highest BCUT2D eigenvalue weighted by Gasteiger charge is 2.67. The van der Waals surface area contributed by atoms with E-state index in [0.29, 0.717) is 38.8 Å². The van der Waals surface area contributed by atoms with Crippen LogP contribution in [-0.4, -0.2) is 21.7 Å². The van der Waals surface area contributed by atoms with Gasteiger partial charge in [-0.1, -0.05) is 49.2 Å². The van der Waals surface area contributed by atoms with Crippen molar-refractivity contribution in [2.75, 3.05) is 5.32 Å². The topological polar surface area (TPSA) is 72.0 Å². The van der Waals surface area contributed by atoms with Crippen LogP contribution < -0.4 is 5.32 Å². The number of carbonyl (C=O) groups is 2. The van der Waals surface area contributed by atoms with Gasteiger partial charge in [0.25, 0.3) is 0 Å². The third kappa shape index (κ3) is 2.76. The molecule has 2 atom stereocenters. The first-order valence-electron chi connectivity index (χ1n) is 10.2. The molecule has 2 aliphatic carbocycles. The van der Waals surface area contributed by atoms with E-state index in [1.54, 1.807) is 36.4 Å². The van der Waals surface area contributed by atoms with Crippen molar-refractivity contribution in [2.24, 2.45) is 5.41 Å². The number of benzene rings is 2. The summed E-state index contributed by atoms with van der Waals surface area (Å²) in [4.78, 5) is 35.3. The Balaban J connectivity index is 1.64. The summed E-state index contributed by atoms with van der Waals surface area (Å²) in [7, 11) is 0. The minimum absolute atomic E-state index is 0.0467. The van der Waals surface area contributed by atoms with Gasteiger partial charge in [-0.15, -0.1) is 0 Å². The molecule has 1 heterocycles. The molecule has 0 radical (unpaired) electrons. The SMILES string of the molecule is CC(=O)c1cccc(NC(=O)C23CCC(c4nc5cc(Cl)c(Cl)cc5nc42)C3(C)C)c1. The molecule has 1 fully saturated rings. The number of amides is 1. The third-order valence-corrected chi connectivity index (χ3v) is 7.88. The summed E-state index contributed by atoms with van der Waals surface area (Å²) >= 11 is 12.4. The highest BCUT2D eigenvalue weighted by atomic mass is 35.5. The Morgan fingerprint density at radius 1 is 1.06 bits per heavy atom. The highest BCUT2D eigenvalue weighted by Crippen LogP contribution is 2.67. The van der Waals surface area contributed by atoms with E-state index in [2.05, 4.69) is 19.2 Å². The lowest BCUT2D eigenvalue weighted by molar-refractivity contribution is -0.124. The molecule has 158 valence electrons. The van der Waals surface area contributed by atoms with Crippen molar-refractivity contribution in [3.05, 3.63) is 63.4 Å². The number of Topliss-reactive ketones (excluding diaryl/α,β-unsaturated/α-hetero) is 1. The van der Waals surface area contributed by atoms with Crippen LogP contribution in [0.1, 0.15) is 61.3 Å². The molecule has 5 rings (SSSR count). The molecule has 2 bridgehead atoms. The summed E-state index contributed by atoms with van der Waals surface area (Å²) in [5, 5.41) is 3.90. The minimum atomic E-state index is -0.813. The van der Waals surface area contributed by atoms with Crippen molar-refractivity contribution in [1.29, 1.82) is 0 Å². The van der Waals surface area contributed by atoms with E-state index in [9.17, 15) is 9.59 Å². The van der Waals surface area contributed by atoms with Crippen molar-refractivity contribution in [3.63, 3.8) is 0 Å². The van der Waals surface area contributed by atoms with Crippen LogP contribution >= 0.6 is 23.2 Å². The van der Waals surface area contributed by atoms with Crippen molar-refractivity contribution in [1.82, 2.24) is 9.97 Å². The molecule has 31 heavy (non-hydrogen) atoms. The van der Waals surface area contributed by atoms with E-state index in [4.69, 9.17) is 33.2 Å². The Hall–Kier alpha value is -2.50. The predicted molar refractivity (Wildman–Crippen MR) is 122 cm³/mol. The zero-order valence-electron chi connectivity index (χ0n) is 17.4. The van der Waals surface area contributed by atoms with Gasteiger partial charge < -0.3 is 5.32 Å². The molecule has 0 saturated heterocycles. The van der Waals surface area contributed by atoms with Crippen LogP contribution in [0.3, 0.4) is 0 Å². The standard InChI is InChI=1S/C24H21Cl2N3O2/c1-12(30)13-5-4-6-14(9-13)27-22(31)24-8-7-15(23(24,2)3)20-21(24)29-19-11-17(26)16(25)10-18(19)28-20/h4-6,9-11,15H,7-8H2,1-3H3,(H,27,31). The molecule has 3 aromatic rings. The number of rotatable bonds is 3. The first kappa shape index (κ1) is 20.4. The molecule has 0 aliphatic heterocycles. The zero-order valence-corrected chi connectivity index (χ0v) is 18.9. The number of aromatic nitrogens is 2. The number of fused-ring (bicyclic) bond motifs is 6. The van der Waals surface area contributed by atoms with Gasteiger partial charge in [-0.05, 0) is 49.4 Å². The number of ketones is 1. The quantitative estimate of drug-likeness (QED) is 0.498. The van der Waals surface area contributed by atoms with E-state index >= 15 is 0 Å². The van der Waals surface area contributed by atoms with E-state index in [-0.39, 0.29) is 23.0 Å².